The largest absolute Gasteiger partial charge is 0.497 e. The van der Waals surface area contributed by atoms with Crippen molar-refractivity contribution in [1.82, 2.24) is 14.3 Å². The summed E-state index contributed by atoms with van der Waals surface area (Å²) in [6, 6.07) is 16.0. The Morgan fingerprint density at radius 3 is 2.72 bits per heavy atom. The predicted octanol–water partition coefficient (Wildman–Crippen LogP) is 4.44. The minimum absolute atomic E-state index is 0.0580. The van der Waals surface area contributed by atoms with Crippen LogP contribution in [0.1, 0.15) is 30.8 Å². The van der Waals surface area contributed by atoms with E-state index in [-0.39, 0.29) is 12.1 Å². The molecule has 1 atom stereocenters. The summed E-state index contributed by atoms with van der Waals surface area (Å²) in [5, 5.41) is 3.93. The van der Waals surface area contributed by atoms with Gasteiger partial charge in [0.2, 0.25) is 5.13 Å². The van der Waals surface area contributed by atoms with Crippen molar-refractivity contribution in [2.75, 3.05) is 37.0 Å². The minimum Gasteiger partial charge on any atom is -0.497 e. The van der Waals surface area contributed by atoms with Crippen LogP contribution in [0.3, 0.4) is 0 Å². The molecule has 1 aliphatic rings. The van der Waals surface area contributed by atoms with Gasteiger partial charge in [-0.2, -0.15) is 4.37 Å². The normalized spacial score (nSPS) is 16.2. The van der Waals surface area contributed by atoms with Crippen LogP contribution in [0.5, 0.6) is 5.75 Å². The van der Waals surface area contributed by atoms with Gasteiger partial charge in [-0.3, -0.25) is 0 Å². The summed E-state index contributed by atoms with van der Waals surface area (Å²) in [6.07, 6.45) is 1.66. The first-order chi connectivity index (χ1) is 15.6. The van der Waals surface area contributed by atoms with E-state index in [0.717, 1.165) is 47.5 Å². The number of amides is 2. The summed E-state index contributed by atoms with van der Waals surface area (Å²) in [5.41, 5.74) is 3.21. The first kappa shape index (κ1) is 22.1. The molecule has 2 heterocycles. The fraction of sp³-hybridized carbons (Fsp3) is 0.375. The number of carbonyl (C=O) groups is 1. The molecule has 32 heavy (non-hydrogen) atoms. The molecule has 7 nitrogen and oxygen atoms in total. The standard InChI is InChI=1S/C24H29N5O2S/c1-4-18-8-10-20(11-9-18)25-23(30)29-13-12-28(16-17(29)2)24-26-22(27-32-24)15-19-6-5-7-21(14-19)31-3/h5-11,14,17H,4,12-13,15-16H2,1-3H3,(H,25,30). The van der Waals surface area contributed by atoms with Crippen LogP contribution < -0.4 is 15.0 Å². The second kappa shape index (κ2) is 9.99. The van der Waals surface area contributed by atoms with Gasteiger partial charge in [0.25, 0.3) is 0 Å². The Morgan fingerprint density at radius 1 is 1.19 bits per heavy atom. The Bertz CT molecular complexity index is 1050. The lowest BCUT2D eigenvalue weighted by molar-refractivity contribution is 0.185. The summed E-state index contributed by atoms with van der Waals surface area (Å²) in [7, 11) is 1.67. The van der Waals surface area contributed by atoms with Crippen molar-refractivity contribution in [3.63, 3.8) is 0 Å². The van der Waals surface area contributed by atoms with Crippen LogP contribution >= 0.6 is 11.5 Å². The number of benzene rings is 2. The van der Waals surface area contributed by atoms with E-state index in [2.05, 4.69) is 46.6 Å². The molecule has 1 unspecified atom stereocenters. The maximum absolute atomic E-state index is 12.8. The van der Waals surface area contributed by atoms with Crippen LogP contribution in [0.25, 0.3) is 0 Å². The lowest BCUT2D eigenvalue weighted by atomic mass is 10.1. The molecule has 0 bridgehead atoms. The molecule has 8 heteroatoms. The van der Waals surface area contributed by atoms with Crippen molar-refractivity contribution in [1.29, 1.82) is 0 Å². The maximum Gasteiger partial charge on any atom is 0.322 e. The maximum atomic E-state index is 12.8. The van der Waals surface area contributed by atoms with E-state index in [4.69, 9.17) is 9.72 Å². The number of rotatable bonds is 6. The fourth-order valence-corrected chi connectivity index (χ4v) is 4.58. The second-order valence-electron chi connectivity index (χ2n) is 7.99. The average Bonchev–Trinajstić information content (AvgIpc) is 3.28. The van der Waals surface area contributed by atoms with E-state index in [0.29, 0.717) is 13.0 Å². The van der Waals surface area contributed by atoms with E-state index in [1.807, 2.05) is 35.2 Å². The molecule has 2 amide bonds. The van der Waals surface area contributed by atoms with E-state index in [1.54, 1.807) is 7.11 Å². The SMILES string of the molecule is CCc1ccc(NC(=O)N2CCN(c3nc(Cc4cccc(OC)c4)ns3)CC2C)cc1. The Labute approximate surface area is 193 Å². The number of aryl methyl sites for hydroxylation is 1. The molecule has 3 aromatic rings. The summed E-state index contributed by atoms with van der Waals surface area (Å²) >= 11 is 1.42. The molecule has 0 radical (unpaired) electrons. The van der Waals surface area contributed by atoms with Gasteiger partial charge >= 0.3 is 6.03 Å². The molecular weight excluding hydrogens is 422 g/mol. The smallest absolute Gasteiger partial charge is 0.322 e. The summed E-state index contributed by atoms with van der Waals surface area (Å²) < 4.78 is 9.84. The Morgan fingerprint density at radius 2 is 2.00 bits per heavy atom. The van der Waals surface area contributed by atoms with Crippen molar-refractivity contribution in [2.24, 2.45) is 0 Å². The van der Waals surface area contributed by atoms with Gasteiger partial charge in [-0.05, 0) is 48.7 Å². The van der Waals surface area contributed by atoms with Crippen molar-refractivity contribution < 1.29 is 9.53 Å². The fourth-order valence-electron chi connectivity index (χ4n) is 3.86. The third-order valence-electron chi connectivity index (χ3n) is 5.73. The molecule has 4 rings (SSSR count). The van der Waals surface area contributed by atoms with E-state index >= 15 is 0 Å². The number of urea groups is 1. The number of nitrogens with zero attached hydrogens (tertiary/aromatic N) is 4. The number of aromatic nitrogens is 2. The number of methoxy groups -OCH3 is 1. The molecule has 1 fully saturated rings. The van der Waals surface area contributed by atoms with Crippen LogP contribution in [0.4, 0.5) is 15.6 Å². The number of hydrogen-bond donors (Lipinski definition) is 1. The molecule has 0 spiro atoms. The zero-order valence-electron chi connectivity index (χ0n) is 18.7. The third-order valence-corrected chi connectivity index (χ3v) is 6.54. The molecule has 1 aromatic heterocycles. The quantitative estimate of drug-likeness (QED) is 0.600. The molecule has 0 saturated carbocycles. The molecule has 168 valence electrons. The zero-order chi connectivity index (χ0) is 22.5. The van der Waals surface area contributed by atoms with Gasteiger partial charge in [0.15, 0.2) is 0 Å². The number of anilines is 2. The molecule has 2 aromatic carbocycles. The van der Waals surface area contributed by atoms with Crippen molar-refractivity contribution >= 4 is 28.4 Å². The van der Waals surface area contributed by atoms with Crippen molar-refractivity contribution in [2.45, 2.75) is 32.7 Å². The molecule has 1 aliphatic heterocycles. The highest BCUT2D eigenvalue weighted by Gasteiger charge is 2.29. The highest BCUT2D eigenvalue weighted by molar-refractivity contribution is 7.09. The lowest BCUT2D eigenvalue weighted by Crippen LogP contribution is -2.55. The van der Waals surface area contributed by atoms with Gasteiger partial charge in [-0.25, -0.2) is 9.78 Å². The van der Waals surface area contributed by atoms with Crippen molar-refractivity contribution in [3.05, 3.63) is 65.5 Å². The first-order valence-electron chi connectivity index (χ1n) is 10.9. The summed E-state index contributed by atoms with van der Waals surface area (Å²) in [4.78, 5) is 21.7. The monoisotopic (exact) mass is 451 g/mol. The Balaban J connectivity index is 1.34. The Kier molecular flexibility index (Phi) is 6.90. The van der Waals surface area contributed by atoms with E-state index < -0.39 is 0 Å². The van der Waals surface area contributed by atoms with Crippen molar-refractivity contribution in [3.8, 4) is 5.75 Å². The Hall–Kier alpha value is -3.13. The van der Waals surface area contributed by atoms with Gasteiger partial charge in [-0.15, -0.1) is 0 Å². The topological polar surface area (TPSA) is 70.6 Å². The second-order valence-corrected chi connectivity index (χ2v) is 8.72. The van der Waals surface area contributed by atoms with Gasteiger partial charge < -0.3 is 19.9 Å². The molecular formula is C24H29N5O2S. The highest BCUT2D eigenvalue weighted by atomic mass is 32.1. The number of ether oxygens (including phenoxy) is 1. The van der Waals surface area contributed by atoms with Crippen LogP contribution in [0.2, 0.25) is 0 Å². The van der Waals surface area contributed by atoms with E-state index in [9.17, 15) is 4.79 Å². The average molecular weight is 452 g/mol. The number of piperazine rings is 1. The van der Waals surface area contributed by atoms with Gasteiger partial charge in [0.1, 0.15) is 11.6 Å². The first-order valence-corrected chi connectivity index (χ1v) is 11.7. The van der Waals surface area contributed by atoms with Crippen LogP contribution in [-0.4, -0.2) is 53.1 Å². The highest BCUT2D eigenvalue weighted by Crippen LogP contribution is 2.24. The van der Waals surface area contributed by atoms with Crippen LogP contribution in [-0.2, 0) is 12.8 Å². The summed E-state index contributed by atoms with van der Waals surface area (Å²) in [6.45, 7) is 6.31. The zero-order valence-corrected chi connectivity index (χ0v) is 19.6. The molecule has 0 aliphatic carbocycles. The van der Waals surface area contributed by atoms with Gasteiger partial charge in [0.05, 0.1) is 7.11 Å². The summed E-state index contributed by atoms with van der Waals surface area (Å²) in [5.74, 6) is 1.64. The number of carbonyl (C=O) groups excluding carboxylic acids is 1. The number of hydrogen-bond acceptors (Lipinski definition) is 6. The number of nitrogens with one attached hydrogen (secondary N) is 1. The predicted molar refractivity (Wildman–Crippen MR) is 129 cm³/mol. The van der Waals surface area contributed by atoms with Crippen LogP contribution in [0.15, 0.2) is 48.5 Å². The lowest BCUT2D eigenvalue weighted by Gasteiger charge is -2.39. The third kappa shape index (κ3) is 5.19. The van der Waals surface area contributed by atoms with Gasteiger partial charge in [-0.1, -0.05) is 31.2 Å². The van der Waals surface area contributed by atoms with Crippen LogP contribution in [0, 0.1) is 0 Å². The van der Waals surface area contributed by atoms with E-state index in [1.165, 1.54) is 17.1 Å². The minimum atomic E-state index is -0.0580. The van der Waals surface area contributed by atoms with Gasteiger partial charge in [0, 0.05) is 49.3 Å². The molecule has 1 N–H and O–H groups in total. The molecule has 1 saturated heterocycles.